The molecule has 0 spiro atoms. The van der Waals surface area contributed by atoms with Crippen molar-refractivity contribution in [1.29, 1.82) is 5.26 Å². The number of benzene rings is 1. The van der Waals surface area contributed by atoms with Gasteiger partial charge in [-0.05, 0) is 12.0 Å². The van der Waals surface area contributed by atoms with Crippen LogP contribution in [-0.4, -0.2) is 29.2 Å². The van der Waals surface area contributed by atoms with Crippen molar-refractivity contribution in [2.24, 2.45) is 5.92 Å². The molecule has 0 saturated carbocycles. The number of nitriles is 1. The van der Waals surface area contributed by atoms with E-state index >= 15 is 0 Å². The third-order valence-corrected chi connectivity index (χ3v) is 3.17. The summed E-state index contributed by atoms with van der Waals surface area (Å²) in [6, 6.07) is 12.0. The quantitative estimate of drug-likeness (QED) is 0.805. The van der Waals surface area contributed by atoms with Gasteiger partial charge in [0.15, 0.2) is 0 Å². The van der Waals surface area contributed by atoms with Crippen LogP contribution in [0.4, 0.5) is 4.79 Å². The zero-order valence-electron chi connectivity index (χ0n) is 9.41. The first-order valence-electron chi connectivity index (χ1n) is 5.63. The van der Waals surface area contributed by atoms with Crippen molar-refractivity contribution in [3.05, 3.63) is 35.9 Å². The SMILES string of the molecule is N#CC1CC(c2ccccc2)CN(C(=O)O)C1. The first-order chi connectivity index (χ1) is 8.20. The summed E-state index contributed by atoms with van der Waals surface area (Å²) in [7, 11) is 0. The minimum atomic E-state index is -0.939. The van der Waals surface area contributed by atoms with Crippen LogP contribution in [0, 0.1) is 17.2 Å². The molecule has 1 aliphatic heterocycles. The molecule has 1 saturated heterocycles. The summed E-state index contributed by atoms with van der Waals surface area (Å²) in [5.41, 5.74) is 1.11. The molecule has 0 aromatic heterocycles. The first-order valence-corrected chi connectivity index (χ1v) is 5.63. The lowest BCUT2D eigenvalue weighted by atomic mass is 9.85. The molecule has 4 heteroatoms. The smallest absolute Gasteiger partial charge is 0.407 e. The molecule has 88 valence electrons. The maximum absolute atomic E-state index is 11.0. The molecule has 1 amide bonds. The molecular weight excluding hydrogens is 216 g/mol. The number of likely N-dealkylation sites (tertiary alicyclic amines) is 1. The van der Waals surface area contributed by atoms with Gasteiger partial charge in [-0.1, -0.05) is 30.3 Å². The Morgan fingerprint density at radius 2 is 2.06 bits per heavy atom. The van der Waals surface area contributed by atoms with Crippen LogP contribution in [0.5, 0.6) is 0 Å². The number of carbonyl (C=O) groups is 1. The van der Waals surface area contributed by atoms with Crippen molar-refractivity contribution >= 4 is 6.09 Å². The highest BCUT2D eigenvalue weighted by Gasteiger charge is 2.30. The van der Waals surface area contributed by atoms with Crippen LogP contribution >= 0.6 is 0 Å². The number of hydrogen-bond donors (Lipinski definition) is 1. The van der Waals surface area contributed by atoms with Crippen molar-refractivity contribution in [3.8, 4) is 6.07 Å². The van der Waals surface area contributed by atoms with Gasteiger partial charge in [0.2, 0.25) is 0 Å². The van der Waals surface area contributed by atoms with E-state index in [1.54, 1.807) is 0 Å². The molecule has 0 bridgehead atoms. The summed E-state index contributed by atoms with van der Waals surface area (Å²) in [6.45, 7) is 0.812. The van der Waals surface area contributed by atoms with E-state index < -0.39 is 6.09 Å². The fourth-order valence-electron chi connectivity index (χ4n) is 2.32. The minimum Gasteiger partial charge on any atom is -0.465 e. The van der Waals surface area contributed by atoms with Crippen LogP contribution in [0.25, 0.3) is 0 Å². The second kappa shape index (κ2) is 4.88. The van der Waals surface area contributed by atoms with Gasteiger partial charge in [0.25, 0.3) is 0 Å². The Morgan fingerprint density at radius 3 is 2.65 bits per heavy atom. The lowest BCUT2D eigenvalue weighted by molar-refractivity contribution is 0.121. The predicted octanol–water partition coefficient (Wildman–Crippen LogP) is 2.29. The Hall–Kier alpha value is -2.02. The lowest BCUT2D eigenvalue weighted by Crippen LogP contribution is -2.42. The molecular formula is C13H14N2O2. The monoisotopic (exact) mass is 230 g/mol. The molecule has 1 aromatic rings. The van der Waals surface area contributed by atoms with Crippen LogP contribution in [0.2, 0.25) is 0 Å². The van der Waals surface area contributed by atoms with Crippen molar-refractivity contribution < 1.29 is 9.90 Å². The average Bonchev–Trinajstić information content (AvgIpc) is 2.39. The van der Waals surface area contributed by atoms with Gasteiger partial charge in [0.05, 0.1) is 12.0 Å². The number of hydrogen-bond acceptors (Lipinski definition) is 2. The zero-order chi connectivity index (χ0) is 12.3. The third-order valence-electron chi connectivity index (χ3n) is 3.17. The van der Waals surface area contributed by atoms with E-state index in [9.17, 15) is 4.79 Å². The highest BCUT2D eigenvalue weighted by molar-refractivity contribution is 5.65. The van der Waals surface area contributed by atoms with E-state index in [1.165, 1.54) is 4.90 Å². The maximum atomic E-state index is 11.0. The number of nitrogens with zero attached hydrogens (tertiary/aromatic N) is 2. The Morgan fingerprint density at radius 1 is 1.35 bits per heavy atom. The van der Waals surface area contributed by atoms with E-state index in [0.717, 1.165) is 12.0 Å². The summed E-state index contributed by atoms with van der Waals surface area (Å²) in [4.78, 5) is 12.4. The molecule has 1 aromatic carbocycles. The molecule has 17 heavy (non-hydrogen) atoms. The lowest BCUT2D eigenvalue weighted by Gasteiger charge is -2.33. The Kier molecular flexibility index (Phi) is 3.29. The first kappa shape index (κ1) is 11.5. The van der Waals surface area contributed by atoms with E-state index in [4.69, 9.17) is 10.4 Å². The van der Waals surface area contributed by atoms with Gasteiger partial charge in [-0.15, -0.1) is 0 Å². The average molecular weight is 230 g/mol. The number of carboxylic acid groups (broad SMARTS) is 1. The van der Waals surface area contributed by atoms with Gasteiger partial charge < -0.3 is 10.0 Å². The van der Waals surface area contributed by atoms with Gasteiger partial charge in [0.1, 0.15) is 0 Å². The molecule has 1 aliphatic rings. The molecule has 1 N–H and O–H groups in total. The van der Waals surface area contributed by atoms with E-state index in [2.05, 4.69) is 6.07 Å². The summed E-state index contributed by atoms with van der Waals surface area (Å²) < 4.78 is 0. The van der Waals surface area contributed by atoms with Crippen LogP contribution in [0.1, 0.15) is 17.9 Å². The summed E-state index contributed by atoms with van der Waals surface area (Å²) in [5, 5.41) is 18.0. The van der Waals surface area contributed by atoms with Crippen molar-refractivity contribution in [2.75, 3.05) is 13.1 Å². The predicted molar refractivity (Wildman–Crippen MR) is 62.5 cm³/mol. The van der Waals surface area contributed by atoms with E-state index in [1.807, 2.05) is 30.3 Å². The van der Waals surface area contributed by atoms with Crippen LogP contribution in [0.3, 0.4) is 0 Å². The third kappa shape index (κ3) is 2.56. The van der Waals surface area contributed by atoms with Gasteiger partial charge in [-0.3, -0.25) is 0 Å². The molecule has 2 atom stereocenters. The van der Waals surface area contributed by atoms with Gasteiger partial charge in [0, 0.05) is 19.0 Å². The molecule has 1 fully saturated rings. The van der Waals surface area contributed by atoms with Crippen molar-refractivity contribution in [1.82, 2.24) is 4.90 Å². The molecule has 4 nitrogen and oxygen atoms in total. The normalized spacial score (nSPS) is 24.1. The zero-order valence-corrected chi connectivity index (χ0v) is 9.41. The van der Waals surface area contributed by atoms with Crippen molar-refractivity contribution in [3.63, 3.8) is 0 Å². The highest BCUT2D eigenvalue weighted by Crippen LogP contribution is 2.29. The number of rotatable bonds is 1. The Labute approximate surface area is 100 Å². The minimum absolute atomic E-state index is 0.130. The summed E-state index contributed by atoms with van der Waals surface area (Å²) >= 11 is 0. The van der Waals surface area contributed by atoms with Gasteiger partial charge in [-0.2, -0.15) is 5.26 Å². The molecule has 2 rings (SSSR count). The fourth-order valence-corrected chi connectivity index (χ4v) is 2.32. The molecule has 0 radical (unpaired) electrons. The van der Waals surface area contributed by atoms with Gasteiger partial charge >= 0.3 is 6.09 Å². The van der Waals surface area contributed by atoms with Crippen LogP contribution in [-0.2, 0) is 0 Å². The fraction of sp³-hybridized carbons (Fsp3) is 0.385. The summed E-state index contributed by atoms with van der Waals surface area (Å²) in [5.74, 6) is -0.0734. The largest absolute Gasteiger partial charge is 0.465 e. The second-order valence-electron chi connectivity index (χ2n) is 4.36. The topological polar surface area (TPSA) is 64.3 Å². The Balaban J connectivity index is 2.18. The van der Waals surface area contributed by atoms with Crippen LogP contribution in [0.15, 0.2) is 30.3 Å². The standard InChI is InChI=1S/C13H14N2O2/c14-7-10-6-12(9-15(8-10)13(16)17)11-4-2-1-3-5-11/h1-5,10,12H,6,8-9H2,(H,16,17). The molecule has 0 aliphatic carbocycles. The highest BCUT2D eigenvalue weighted by atomic mass is 16.4. The molecule has 2 unspecified atom stereocenters. The summed E-state index contributed by atoms with van der Waals surface area (Å²) in [6.07, 6.45) is -0.199. The number of amides is 1. The van der Waals surface area contributed by atoms with Gasteiger partial charge in [-0.25, -0.2) is 4.79 Å². The van der Waals surface area contributed by atoms with E-state index in [0.29, 0.717) is 13.1 Å². The van der Waals surface area contributed by atoms with Crippen molar-refractivity contribution in [2.45, 2.75) is 12.3 Å². The Bertz CT molecular complexity index is 438. The second-order valence-corrected chi connectivity index (χ2v) is 4.36. The number of piperidine rings is 1. The maximum Gasteiger partial charge on any atom is 0.407 e. The van der Waals surface area contributed by atoms with E-state index in [-0.39, 0.29) is 11.8 Å². The van der Waals surface area contributed by atoms with Crippen LogP contribution < -0.4 is 0 Å². The molecule has 1 heterocycles.